The first-order chi connectivity index (χ1) is 15.9. The van der Waals surface area contributed by atoms with E-state index in [9.17, 15) is 9.59 Å². The van der Waals surface area contributed by atoms with Crippen molar-refractivity contribution in [2.24, 2.45) is 16.8 Å². The van der Waals surface area contributed by atoms with Crippen LogP contribution in [0.15, 0.2) is 47.6 Å². The molecule has 33 heavy (non-hydrogen) atoms. The first-order valence-corrected chi connectivity index (χ1v) is 11.5. The normalized spacial score (nSPS) is 19.4. The third kappa shape index (κ3) is 5.09. The number of ether oxygens (including phenoxy) is 1. The Kier molecular flexibility index (Phi) is 6.79. The van der Waals surface area contributed by atoms with E-state index in [1.165, 1.54) is 0 Å². The van der Waals surface area contributed by atoms with E-state index in [2.05, 4.69) is 36.9 Å². The molecule has 2 aliphatic heterocycles. The van der Waals surface area contributed by atoms with Gasteiger partial charge in [-0.1, -0.05) is 35.9 Å². The van der Waals surface area contributed by atoms with Crippen molar-refractivity contribution in [3.8, 4) is 5.75 Å². The molecule has 0 aromatic heterocycles. The summed E-state index contributed by atoms with van der Waals surface area (Å²) in [7, 11) is 1.64. The molecule has 2 amide bonds. The van der Waals surface area contributed by atoms with E-state index in [1.54, 1.807) is 12.1 Å². The number of methoxy groups -OCH3 is 1. The summed E-state index contributed by atoms with van der Waals surface area (Å²) >= 11 is 0. The summed E-state index contributed by atoms with van der Waals surface area (Å²) in [6.07, 6.45) is 2.04. The molecule has 0 saturated carbocycles. The van der Waals surface area contributed by atoms with Crippen LogP contribution in [0.25, 0.3) is 0 Å². The van der Waals surface area contributed by atoms with Crippen molar-refractivity contribution in [2.45, 2.75) is 39.2 Å². The predicted molar refractivity (Wildman–Crippen MR) is 128 cm³/mol. The van der Waals surface area contributed by atoms with Crippen LogP contribution < -0.4 is 10.5 Å². The first kappa shape index (κ1) is 23.0. The minimum Gasteiger partial charge on any atom is -0.497 e. The number of carbonyl (C=O) groups excluding carboxylic acids is 2. The molecule has 7 heteroatoms. The lowest BCUT2D eigenvalue weighted by Crippen LogP contribution is -2.44. The molecule has 7 nitrogen and oxygen atoms in total. The molecule has 1 saturated heterocycles. The van der Waals surface area contributed by atoms with Gasteiger partial charge in [0.05, 0.1) is 25.4 Å². The maximum atomic E-state index is 13.5. The molecule has 0 bridgehead atoms. The van der Waals surface area contributed by atoms with Gasteiger partial charge in [0.2, 0.25) is 5.91 Å². The lowest BCUT2D eigenvalue weighted by atomic mass is 9.93. The Morgan fingerprint density at radius 1 is 1.12 bits per heavy atom. The highest BCUT2D eigenvalue weighted by atomic mass is 16.5. The smallest absolute Gasteiger partial charge is 0.257 e. The van der Waals surface area contributed by atoms with Gasteiger partial charge in [0.1, 0.15) is 5.75 Å². The Hall–Kier alpha value is -3.19. The molecule has 2 N–H and O–H groups in total. The molecular formula is C26H32N4O3. The summed E-state index contributed by atoms with van der Waals surface area (Å²) in [4.78, 5) is 27.0. The number of hydrogen-bond donors (Lipinski definition) is 1. The molecule has 1 unspecified atom stereocenters. The molecule has 2 aromatic carbocycles. The maximum Gasteiger partial charge on any atom is 0.257 e. The molecule has 0 radical (unpaired) electrons. The van der Waals surface area contributed by atoms with Crippen LogP contribution in [-0.4, -0.2) is 54.2 Å². The number of primary amides is 1. The highest BCUT2D eigenvalue weighted by Gasteiger charge is 2.35. The largest absolute Gasteiger partial charge is 0.497 e. The maximum absolute atomic E-state index is 13.5. The van der Waals surface area contributed by atoms with Crippen LogP contribution >= 0.6 is 0 Å². The summed E-state index contributed by atoms with van der Waals surface area (Å²) in [5.41, 5.74) is 10.7. The number of hydrazone groups is 1. The van der Waals surface area contributed by atoms with Gasteiger partial charge < -0.3 is 10.5 Å². The van der Waals surface area contributed by atoms with Gasteiger partial charge in [0.25, 0.3) is 5.91 Å². The lowest BCUT2D eigenvalue weighted by Gasteiger charge is -2.32. The number of carbonyl (C=O) groups is 2. The minimum absolute atomic E-state index is 0.0312. The fraction of sp³-hybridized carbons (Fsp3) is 0.423. The quantitative estimate of drug-likeness (QED) is 0.735. The second kappa shape index (κ2) is 9.75. The number of hydrogen-bond acceptors (Lipinski definition) is 5. The standard InChI is InChI=1S/C26H32N4O3/c1-17-7-8-18(2)22(13-17)24-15-23(20-5-4-6-21(14-20)33-3)28-30(24)25(31)16-29-11-9-19(10-12-29)26(27)32/h4-8,13-14,19,24H,9-12,15-16H2,1-3H3,(H2,27,32). The number of benzene rings is 2. The summed E-state index contributed by atoms with van der Waals surface area (Å²) < 4.78 is 5.39. The Morgan fingerprint density at radius 3 is 2.58 bits per heavy atom. The molecule has 4 rings (SSSR count). The molecule has 2 heterocycles. The van der Waals surface area contributed by atoms with Gasteiger partial charge in [0, 0.05) is 17.9 Å². The minimum atomic E-state index is -0.247. The van der Waals surface area contributed by atoms with E-state index in [4.69, 9.17) is 15.6 Å². The van der Waals surface area contributed by atoms with E-state index >= 15 is 0 Å². The van der Waals surface area contributed by atoms with E-state index < -0.39 is 0 Å². The van der Waals surface area contributed by atoms with Crippen molar-refractivity contribution in [2.75, 3.05) is 26.7 Å². The highest BCUT2D eigenvalue weighted by molar-refractivity contribution is 6.03. The molecule has 1 atom stereocenters. The van der Waals surface area contributed by atoms with E-state index in [1.807, 2.05) is 24.3 Å². The van der Waals surface area contributed by atoms with Crippen molar-refractivity contribution in [3.63, 3.8) is 0 Å². The van der Waals surface area contributed by atoms with Crippen LogP contribution in [0.5, 0.6) is 5.75 Å². The van der Waals surface area contributed by atoms with Gasteiger partial charge >= 0.3 is 0 Å². The van der Waals surface area contributed by atoms with Crippen molar-refractivity contribution >= 4 is 17.5 Å². The summed E-state index contributed by atoms with van der Waals surface area (Å²) in [6.45, 7) is 5.80. The van der Waals surface area contributed by atoms with Crippen LogP contribution in [0, 0.1) is 19.8 Å². The molecular weight excluding hydrogens is 416 g/mol. The Labute approximate surface area is 195 Å². The van der Waals surface area contributed by atoms with Gasteiger partial charge in [-0.05, 0) is 63.0 Å². The fourth-order valence-corrected chi connectivity index (χ4v) is 4.72. The molecule has 1 fully saturated rings. The Bertz CT molecular complexity index is 1070. The van der Waals surface area contributed by atoms with Gasteiger partial charge in [0.15, 0.2) is 0 Å². The monoisotopic (exact) mass is 448 g/mol. The van der Waals surface area contributed by atoms with E-state index in [0.717, 1.165) is 33.7 Å². The van der Waals surface area contributed by atoms with Crippen molar-refractivity contribution in [3.05, 3.63) is 64.7 Å². The second-order valence-electron chi connectivity index (χ2n) is 9.05. The van der Waals surface area contributed by atoms with E-state index in [-0.39, 0.29) is 30.3 Å². The zero-order valence-corrected chi connectivity index (χ0v) is 19.6. The van der Waals surface area contributed by atoms with Crippen molar-refractivity contribution < 1.29 is 14.3 Å². The third-order valence-electron chi connectivity index (χ3n) is 6.71. The van der Waals surface area contributed by atoms with Gasteiger partial charge in [-0.2, -0.15) is 5.10 Å². The average molecular weight is 449 g/mol. The van der Waals surface area contributed by atoms with Crippen molar-refractivity contribution in [1.29, 1.82) is 0 Å². The van der Waals surface area contributed by atoms with Crippen LogP contribution in [0.4, 0.5) is 0 Å². The molecule has 2 aliphatic rings. The van der Waals surface area contributed by atoms with Crippen molar-refractivity contribution in [1.82, 2.24) is 9.91 Å². The number of amides is 2. The van der Waals surface area contributed by atoms with Gasteiger partial charge in [-0.15, -0.1) is 0 Å². The second-order valence-corrected chi connectivity index (χ2v) is 9.05. The van der Waals surface area contributed by atoms with Gasteiger partial charge in [-0.25, -0.2) is 5.01 Å². The highest BCUT2D eigenvalue weighted by Crippen LogP contribution is 2.35. The topological polar surface area (TPSA) is 88.2 Å². The lowest BCUT2D eigenvalue weighted by molar-refractivity contribution is -0.134. The Morgan fingerprint density at radius 2 is 1.88 bits per heavy atom. The zero-order valence-electron chi connectivity index (χ0n) is 19.6. The fourth-order valence-electron chi connectivity index (χ4n) is 4.72. The molecule has 174 valence electrons. The van der Waals surface area contributed by atoms with Crippen LogP contribution in [0.1, 0.15) is 47.6 Å². The van der Waals surface area contributed by atoms with E-state index in [0.29, 0.717) is 32.4 Å². The molecule has 2 aromatic rings. The summed E-state index contributed by atoms with van der Waals surface area (Å²) in [5, 5.41) is 6.48. The Balaban J connectivity index is 1.59. The number of aryl methyl sites for hydroxylation is 2. The number of rotatable bonds is 6. The van der Waals surface area contributed by atoms with Gasteiger partial charge in [-0.3, -0.25) is 14.5 Å². The predicted octanol–water partition coefficient (Wildman–Crippen LogP) is 3.19. The molecule has 0 spiro atoms. The number of nitrogens with zero attached hydrogens (tertiary/aromatic N) is 3. The van der Waals surface area contributed by atoms with Crippen LogP contribution in [0.3, 0.4) is 0 Å². The number of likely N-dealkylation sites (tertiary alicyclic amines) is 1. The zero-order chi connectivity index (χ0) is 23.5. The van der Waals surface area contributed by atoms with Crippen LogP contribution in [-0.2, 0) is 9.59 Å². The van der Waals surface area contributed by atoms with Crippen LogP contribution in [0.2, 0.25) is 0 Å². The molecule has 0 aliphatic carbocycles. The summed E-state index contributed by atoms with van der Waals surface area (Å²) in [6, 6.07) is 14.0. The summed E-state index contributed by atoms with van der Waals surface area (Å²) in [5.74, 6) is 0.392. The third-order valence-corrected chi connectivity index (χ3v) is 6.71. The SMILES string of the molecule is COc1cccc(C2=NN(C(=O)CN3CCC(C(N)=O)CC3)C(c3cc(C)ccc3C)C2)c1. The average Bonchev–Trinajstić information content (AvgIpc) is 3.26. The number of piperidine rings is 1. The number of nitrogens with two attached hydrogens (primary N) is 1. The first-order valence-electron chi connectivity index (χ1n) is 11.5.